The Hall–Kier alpha value is -1.39. The number of benzene rings is 1. The molecule has 1 heterocycles. The minimum Gasteiger partial charge on any atom is -0.392 e. The highest BCUT2D eigenvalue weighted by molar-refractivity contribution is 7.09. The molecule has 1 N–H and O–H groups in total. The molecule has 0 saturated heterocycles. The molecule has 0 spiro atoms. The molecule has 1 aromatic heterocycles. The van der Waals surface area contributed by atoms with Gasteiger partial charge in [-0.25, -0.2) is 4.39 Å². The van der Waals surface area contributed by atoms with Crippen molar-refractivity contribution >= 4 is 17.0 Å². The smallest absolute Gasteiger partial charge is 0.146 e. The van der Waals surface area contributed by atoms with Gasteiger partial charge in [-0.1, -0.05) is 12.1 Å². The van der Waals surface area contributed by atoms with Gasteiger partial charge >= 0.3 is 0 Å². The van der Waals surface area contributed by atoms with E-state index in [-0.39, 0.29) is 12.4 Å². The number of aliphatic hydroxyl groups is 1. The first-order valence-electron chi connectivity index (χ1n) is 5.83. The zero-order valence-corrected chi connectivity index (χ0v) is 11.1. The minimum atomic E-state index is -0.282. The van der Waals surface area contributed by atoms with Crippen molar-refractivity contribution in [1.29, 1.82) is 0 Å². The van der Waals surface area contributed by atoms with Crippen LogP contribution in [0, 0.1) is 5.82 Å². The zero-order chi connectivity index (χ0) is 13.0. The Labute approximate surface area is 110 Å². The summed E-state index contributed by atoms with van der Waals surface area (Å²) in [5, 5.41) is 11.0. The van der Waals surface area contributed by atoms with Crippen LogP contribution >= 0.6 is 11.3 Å². The maximum atomic E-state index is 13.8. The van der Waals surface area contributed by atoms with Crippen LogP contribution in [-0.4, -0.2) is 18.7 Å². The Morgan fingerprint density at radius 2 is 2.17 bits per heavy atom. The van der Waals surface area contributed by atoms with Crippen molar-refractivity contribution in [1.82, 2.24) is 0 Å². The van der Waals surface area contributed by atoms with Crippen LogP contribution in [0.4, 0.5) is 10.1 Å². The normalized spacial score (nSPS) is 10.6. The monoisotopic (exact) mass is 265 g/mol. The Kier molecular flexibility index (Phi) is 4.33. The molecule has 0 unspecified atom stereocenters. The SMILES string of the molecule is CN(CCc1cccs1)c1ccc(CO)cc1F. The van der Waals surface area contributed by atoms with Crippen molar-refractivity contribution < 1.29 is 9.50 Å². The van der Waals surface area contributed by atoms with Crippen LogP contribution in [0.2, 0.25) is 0 Å². The summed E-state index contributed by atoms with van der Waals surface area (Å²) in [6, 6.07) is 8.96. The van der Waals surface area contributed by atoms with Gasteiger partial charge in [0.1, 0.15) is 5.82 Å². The Bertz CT molecular complexity index is 499. The van der Waals surface area contributed by atoms with Gasteiger partial charge in [0, 0.05) is 18.5 Å². The van der Waals surface area contributed by atoms with Crippen molar-refractivity contribution in [3.05, 3.63) is 52.0 Å². The Morgan fingerprint density at radius 3 is 2.78 bits per heavy atom. The molecule has 96 valence electrons. The predicted octanol–water partition coefficient (Wildman–Crippen LogP) is 3.06. The van der Waals surface area contributed by atoms with E-state index in [1.807, 2.05) is 23.4 Å². The number of likely N-dealkylation sites (N-methyl/N-ethyl adjacent to an activating group) is 1. The number of thiophene rings is 1. The summed E-state index contributed by atoms with van der Waals surface area (Å²) in [4.78, 5) is 3.20. The average molecular weight is 265 g/mol. The number of nitrogens with zero attached hydrogens (tertiary/aromatic N) is 1. The van der Waals surface area contributed by atoms with E-state index in [0.717, 1.165) is 13.0 Å². The fraction of sp³-hybridized carbons (Fsp3) is 0.286. The molecule has 0 aliphatic heterocycles. The number of hydrogen-bond donors (Lipinski definition) is 1. The molecule has 0 saturated carbocycles. The molecular weight excluding hydrogens is 249 g/mol. The van der Waals surface area contributed by atoms with Crippen molar-refractivity contribution in [3.63, 3.8) is 0 Å². The lowest BCUT2D eigenvalue weighted by atomic mass is 10.2. The molecule has 0 radical (unpaired) electrons. The summed E-state index contributed by atoms with van der Waals surface area (Å²) >= 11 is 1.72. The second-order valence-electron chi connectivity index (χ2n) is 4.19. The van der Waals surface area contributed by atoms with Crippen LogP contribution in [-0.2, 0) is 13.0 Å². The quantitative estimate of drug-likeness (QED) is 0.898. The highest BCUT2D eigenvalue weighted by Gasteiger charge is 2.08. The van der Waals surface area contributed by atoms with Gasteiger partial charge in [-0.2, -0.15) is 0 Å². The molecular formula is C14H16FNOS. The third-order valence-electron chi connectivity index (χ3n) is 2.88. The number of anilines is 1. The van der Waals surface area contributed by atoms with Crippen LogP contribution in [0.3, 0.4) is 0 Å². The lowest BCUT2D eigenvalue weighted by Crippen LogP contribution is -2.21. The summed E-state index contributed by atoms with van der Waals surface area (Å²) in [7, 11) is 1.88. The topological polar surface area (TPSA) is 23.5 Å². The minimum absolute atomic E-state index is 0.129. The van der Waals surface area contributed by atoms with E-state index in [2.05, 4.69) is 6.07 Å². The molecule has 0 amide bonds. The predicted molar refractivity (Wildman–Crippen MR) is 73.6 cm³/mol. The van der Waals surface area contributed by atoms with Crippen molar-refractivity contribution in [3.8, 4) is 0 Å². The fourth-order valence-corrected chi connectivity index (χ4v) is 2.51. The van der Waals surface area contributed by atoms with Gasteiger partial charge in [-0.3, -0.25) is 0 Å². The first kappa shape index (κ1) is 13.1. The molecule has 4 heteroatoms. The van der Waals surface area contributed by atoms with Gasteiger partial charge in [-0.05, 0) is 35.6 Å². The summed E-state index contributed by atoms with van der Waals surface area (Å²) in [6.07, 6.45) is 0.912. The second-order valence-corrected chi connectivity index (χ2v) is 5.23. The van der Waals surface area contributed by atoms with Crippen LogP contribution in [0.5, 0.6) is 0 Å². The van der Waals surface area contributed by atoms with E-state index in [1.165, 1.54) is 10.9 Å². The van der Waals surface area contributed by atoms with Crippen LogP contribution in [0.1, 0.15) is 10.4 Å². The summed E-state index contributed by atoms with van der Waals surface area (Å²) in [5.74, 6) is -0.282. The third kappa shape index (κ3) is 3.09. The van der Waals surface area contributed by atoms with Gasteiger partial charge in [0.25, 0.3) is 0 Å². The third-order valence-corrected chi connectivity index (χ3v) is 3.82. The van der Waals surface area contributed by atoms with E-state index in [9.17, 15) is 4.39 Å². The molecule has 0 aliphatic carbocycles. The maximum absolute atomic E-state index is 13.8. The number of halogens is 1. The van der Waals surface area contributed by atoms with E-state index in [4.69, 9.17) is 5.11 Å². The van der Waals surface area contributed by atoms with Gasteiger partial charge in [0.05, 0.1) is 12.3 Å². The number of aliphatic hydroxyl groups excluding tert-OH is 1. The molecule has 2 aromatic rings. The van der Waals surface area contributed by atoms with Crippen molar-refractivity contribution in [2.75, 3.05) is 18.5 Å². The summed E-state index contributed by atoms with van der Waals surface area (Å²) < 4.78 is 13.8. The molecule has 1 aromatic carbocycles. The highest BCUT2D eigenvalue weighted by atomic mass is 32.1. The molecule has 0 bridgehead atoms. The molecule has 2 rings (SSSR count). The van der Waals surface area contributed by atoms with Gasteiger partial charge < -0.3 is 10.0 Å². The lowest BCUT2D eigenvalue weighted by Gasteiger charge is -2.19. The maximum Gasteiger partial charge on any atom is 0.146 e. The zero-order valence-electron chi connectivity index (χ0n) is 10.3. The van der Waals surface area contributed by atoms with Gasteiger partial charge in [0.15, 0.2) is 0 Å². The molecule has 18 heavy (non-hydrogen) atoms. The standard InChI is InChI=1S/C14H16FNOS/c1-16(7-6-12-3-2-8-18-12)14-5-4-11(10-17)9-13(14)15/h2-5,8-9,17H,6-7,10H2,1H3. The second kappa shape index (κ2) is 5.98. The van der Waals surface area contributed by atoms with Gasteiger partial charge in [0.2, 0.25) is 0 Å². The number of hydrogen-bond acceptors (Lipinski definition) is 3. The molecule has 0 atom stereocenters. The Morgan fingerprint density at radius 1 is 1.33 bits per heavy atom. The molecule has 2 nitrogen and oxygen atoms in total. The summed E-state index contributed by atoms with van der Waals surface area (Å²) in [6.45, 7) is 0.645. The van der Waals surface area contributed by atoms with Crippen molar-refractivity contribution in [2.24, 2.45) is 0 Å². The molecule has 0 aliphatic rings. The van der Waals surface area contributed by atoms with Crippen LogP contribution in [0.25, 0.3) is 0 Å². The Balaban J connectivity index is 2.02. The van der Waals surface area contributed by atoms with Crippen LogP contribution in [0.15, 0.2) is 35.7 Å². The van der Waals surface area contributed by atoms with E-state index < -0.39 is 0 Å². The van der Waals surface area contributed by atoms with E-state index >= 15 is 0 Å². The summed E-state index contributed by atoms with van der Waals surface area (Å²) in [5.41, 5.74) is 1.17. The van der Waals surface area contributed by atoms with Crippen LogP contribution < -0.4 is 4.90 Å². The van der Waals surface area contributed by atoms with Crippen molar-refractivity contribution in [2.45, 2.75) is 13.0 Å². The van der Waals surface area contributed by atoms with E-state index in [0.29, 0.717) is 11.3 Å². The van der Waals surface area contributed by atoms with E-state index in [1.54, 1.807) is 23.5 Å². The fourth-order valence-electron chi connectivity index (χ4n) is 1.81. The first-order chi connectivity index (χ1) is 8.70. The largest absolute Gasteiger partial charge is 0.392 e. The number of rotatable bonds is 5. The molecule has 0 fully saturated rings. The highest BCUT2D eigenvalue weighted by Crippen LogP contribution is 2.20. The van der Waals surface area contributed by atoms with Gasteiger partial charge in [-0.15, -0.1) is 11.3 Å². The lowest BCUT2D eigenvalue weighted by molar-refractivity contribution is 0.281. The first-order valence-corrected chi connectivity index (χ1v) is 6.71. The average Bonchev–Trinajstić information content (AvgIpc) is 2.88.